The molecule has 0 saturated carbocycles. The van der Waals surface area contributed by atoms with Crippen LogP contribution in [0.3, 0.4) is 0 Å². The molecule has 0 saturated heterocycles. The molecule has 0 aliphatic rings. The normalized spacial score (nSPS) is 11.5. The van der Waals surface area contributed by atoms with Gasteiger partial charge in [-0.3, -0.25) is 0 Å². The summed E-state index contributed by atoms with van der Waals surface area (Å²) >= 11 is 7.42. The number of allylic oxidation sites excluding steroid dienone is 1. The van der Waals surface area contributed by atoms with Crippen molar-refractivity contribution in [2.24, 2.45) is 0 Å². The van der Waals surface area contributed by atoms with Gasteiger partial charge in [0, 0.05) is 10.7 Å². The van der Waals surface area contributed by atoms with E-state index in [2.05, 4.69) is 11.4 Å². The van der Waals surface area contributed by atoms with E-state index in [1.54, 1.807) is 12.1 Å². The number of benzene rings is 2. The maximum Gasteiger partial charge on any atom is 0.103 e. The Morgan fingerprint density at radius 2 is 1.90 bits per heavy atom. The Labute approximate surface area is 134 Å². The molecule has 2 aromatic carbocycles. The van der Waals surface area contributed by atoms with Gasteiger partial charge in [0.1, 0.15) is 6.07 Å². The van der Waals surface area contributed by atoms with Gasteiger partial charge in [-0.15, -0.1) is 11.8 Å². The van der Waals surface area contributed by atoms with Crippen LogP contribution >= 0.6 is 23.4 Å². The lowest BCUT2D eigenvalue weighted by Crippen LogP contribution is -1.99. The average Bonchev–Trinajstić information content (AvgIpc) is 2.49. The lowest BCUT2D eigenvalue weighted by atomic mass is 10.1. The summed E-state index contributed by atoms with van der Waals surface area (Å²) in [6.45, 7) is 2.04. The van der Waals surface area contributed by atoms with Gasteiger partial charge in [0.25, 0.3) is 0 Å². The molecule has 0 fully saturated rings. The van der Waals surface area contributed by atoms with Crippen molar-refractivity contribution in [2.45, 2.75) is 6.92 Å². The smallest absolute Gasteiger partial charge is 0.103 e. The van der Waals surface area contributed by atoms with Crippen LogP contribution in [-0.2, 0) is 0 Å². The van der Waals surface area contributed by atoms with Crippen molar-refractivity contribution in [2.75, 3.05) is 11.6 Å². The molecule has 0 aliphatic heterocycles. The molecule has 0 spiro atoms. The molecule has 2 nitrogen and oxygen atoms in total. The topological polar surface area (TPSA) is 35.8 Å². The number of hydrogen-bond acceptors (Lipinski definition) is 3. The first-order valence-electron chi connectivity index (χ1n) is 6.42. The molecule has 1 N–H and O–H groups in total. The molecule has 2 rings (SSSR count). The van der Waals surface area contributed by atoms with Crippen molar-refractivity contribution in [1.82, 2.24) is 0 Å². The fourth-order valence-electron chi connectivity index (χ4n) is 1.93. The minimum Gasteiger partial charge on any atom is -0.349 e. The van der Waals surface area contributed by atoms with Gasteiger partial charge in [-0.05, 0) is 48.6 Å². The summed E-state index contributed by atoms with van der Waals surface area (Å²) in [7, 11) is 0. The van der Waals surface area contributed by atoms with Crippen LogP contribution in [0.5, 0.6) is 0 Å². The van der Waals surface area contributed by atoms with Crippen LogP contribution in [0, 0.1) is 18.3 Å². The Bertz CT molecular complexity index is 699. The first kappa shape index (κ1) is 15.5. The molecule has 0 unspecified atom stereocenters. The van der Waals surface area contributed by atoms with E-state index in [1.807, 2.05) is 49.6 Å². The molecule has 0 bridgehead atoms. The molecule has 0 aromatic heterocycles. The summed E-state index contributed by atoms with van der Waals surface area (Å²) < 4.78 is 0. The largest absolute Gasteiger partial charge is 0.349 e. The predicted octanol–water partition coefficient (Wildman–Crippen LogP) is 5.32. The highest BCUT2D eigenvalue weighted by Gasteiger charge is 2.09. The fraction of sp³-hybridized carbons (Fsp3) is 0.118. The summed E-state index contributed by atoms with van der Waals surface area (Å²) in [5.41, 5.74) is 3.61. The van der Waals surface area contributed by atoms with Crippen LogP contribution in [-0.4, -0.2) is 6.26 Å². The Balaban J connectivity index is 2.39. The van der Waals surface area contributed by atoms with E-state index in [4.69, 9.17) is 11.6 Å². The predicted molar refractivity (Wildman–Crippen MR) is 92.3 cm³/mol. The lowest BCUT2D eigenvalue weighted by Gasteiger charge is -2.12. The molecular weight excluding hydrogens is 300 g/mol. The van der Waals surface area contributed by atoms with E-state index in [1.165, 1.54) is 17.3 Å². The monoisotopic (exact) mass is 314 g/mol. The maximum atomic E-state index is 9.49. The third-order valence-electron chi connectivity index (χ3n) is 2.95. The van der Waals surface area contributed by atoms with Crippen LogP contribution in [0.4, 0.5) is 5.69 Å². The molecule has 21 heavy (non-hydrogen) atoms. The SMILES string of the molecule is CS/C(Nc1cccc(C)c1)=C(\C#N)c1ccc(Cl)cc1. The second-order valence-corrected chi connectivity index (χ2v) is 5.77. The number of aryl methyl sites for hydroxylation is 1. The average molecular weight is 315 g/mol. The van der Waals surface area contributed by atoms with E-state index in [-0.39, 0.29) is 0 Å². The number of halogens is 1. The minimum absolute atomic E-state index is 0.612. The van der Waals surface area contributed by atoms with Crippen LogP contribution in [0.25, 0.3) is 5.57 Å². The number of anilines is 1. The molecule has 106 valence electrons. The van der Waals surface area contributed by atoms with Crippen molar-refractivity contribution < 1.29 is 0 Å². The standard InChI is InChI=1S/C17H15ClN2S/c1-12-4-3-5-15(10-12)20-17(21-2)16(11-19)13-6-8-14(18)9-7-13/h3-10,20H,1-2H3/b17-16+. The molecule has 4 heteroatoms. The summed E-state index contributed by atoms with van der Waals surface area (Å²) in [5, 5.41) is 14.3. The molecule has 0 atom stereocenters. The summed E-state index contributed by atoms with van der Waals surface area (Å²) in [6, 6.07) is 17.6. The number of nitriles is 1. The number of hydrogen-bond donors (Lipinski definition) is 1. The van der Waals surface area contributed by atoms with Gasteiger partial charge in [-0.2, -0.15) is 5.26 Å². The van der Waals surface area contributed by atoms with Crippen LogP contribution < -0.4 is 5.32 Å². The van der Waals surface area contributed by atoms with Gasteiger partial charge < -0.3 is 5.32 Å². The number of thioether (sulfide) groups is 1. The first-order chi connectivity index (χ1) is 10.1. The van der Waals surface area contributed by atoms with E-state index in [0.717, 1.165) is 16.3 Å². The highest BCUT2D eigenvalue weighted by molar-refractivity contribution is 8.02. The van der Waals surface area contributed by atoms with Gasteiger partial charge in [0.15, 0.2) is 0 Å². The van der Waals surface area contributed by atoms with E-state index in [0.29, 0.717) is 10.6 Å². The van der Waals surface area contributed by atoms with E-state index < -0.39 is 0 Å². The Kier molecular flexibility index (Phi) is 5.32. The summed E-state index contributed by atoms with van der Waals surface area (Å²) in [5.74, 6) is 0. The van der Waals surface area contributed by atoms with Crippen LogP contribution in [0.2, 0.25) is 5.02 Å². The summed E-state index contributed by atoms with van der Waals surface area (Å²) in [4.78, 5) is 0. The molecule has 0 aliphatic carbocycles. The van der Waals surface area contributed by atoms with Crippen molar-refractivity contribution in [1.29, 1.82) is 5.26 Å². The third-order valence-corrected chi connectivity index (χ3v) is 3.92. The summed E-state index contributed by atoms with van der Waals surface area (Å²) in [6.07, 6.45) is 1.95. The number of nitrogens with one attached hydrogen (secondary N) is 1. The van der Waals surface area contributed by atoms with Gasteiger partial charge in [0.05, 0.1) is 10.6 Å². The van der Waals surface area contributed by atoms with Gasteiger partial charge in [-0.25, -0.2) is 0 Å². The lowest BCUT2D eigenvalue weighted by molar-refractivity contribution is 1.44. The zero-order valence-corrected chi connectivity index (χ0v) is 13.4. The van der Waals surface area contributed by atoms with Gasteiger partial charge in [0.2, 0.25) is 0 Å². The second kappa shape index (κ2) is 7.21. The molecule has 0 radical (unpaired) electrons. The van der Waals surface area contributed by atoms with Gasteiger partial charge >= 0.3 is 0 Å². The van der Waals surface area contributed by atoms with Gasteiger partial charge in [-0.1, -0.05) is 35.9 Å². The minimum atomic E-state index is 0.612. The second-order valence-electron chi connectivity index (χ2n) is 4.52. The van der Waals surface area contributed by atoms with Crippen molar-refractivity contribution >= 4 is 34.6 Å². The fourth-order valence-corrected chi connectivity index (χ4v) is 2.65. The number of nitrogens with zero attached hydrogens (tertiary/aromatic N) is 1. The Morgan fingerprint density at radius 1 is 1.19 bits per heavy atom. The van der Waals surface area contributed by atoms with E-state index >= 15 is 0 Å². The first-order valence-corrected chi connectivity index (χ1v) is 8.02. The van der Waals surface area contributed by atoms with Crippen molar-refractivity contribution in [3.05, 3.63) is 69.7 Å². The third kappa shape index (κ3) is 4.04. The highest BCUT2D eigenvalue weighted by Crippen LogP contribution is 2.27. The molecule has 2 aromatic rings. The highest BCUT2D eigenvalue weighted by atomic mass is 35.5. The molecule has 0 heterocycles. The molecule has 0 amide bonds. The Hall–Kier alpha value is -1.89. The van der Waals surface area contributed by atoms with Crippen LogP contribution in [0.15, 0.2) is 53.6 Å². The molecular formula is C17H15ClN2S. The van der Waals surface area contributed by atoms with Crippen molar-refractivity contribution in [3.8, 4) is 6.07 Å². The quantitative estimate of drug-likeness (QED) is 0.776. The maximum absolute atomic E-state index is 9.49. The van der Waals surface area contributed by atoms with Crippen LogP contribution in [0.1, 0.15) is 11.1 Å². The Morgan fingerprint density at radius 3 is 2.48 bits per heavy atom. The van der Waals surface area contributed by atoms with Crippen molar-refractivity contribution in [3.63, 3.8) is 0 Å². The zero-order chi connectivity index (χ0) is 15.2. The number of rotatable bonds is 4. The zero-order valence-electron chi connectivity index (χ0n) is 11.9. The van der Waals surface area contributed by atoms with E-state index in [9.17, 15) is 5.26 Å².